The molecule has 0 radical (unpaired) electrons. The maximum absolute atomic E-state index is 12.0. The molecular weight excluding hydrogens is 319 g/mol. The van der Waals surface area contributed by atoms with Crippen LogP contribution in [-0.2, 0) is 23.2 Å². The highest BCUT2D eigenvalue weighted by Crippen LogP contribution is 2.52. The number of rotatable bonds is 6. The molecule has 1 unspecified atom stereocenters. The minimum absolute atomic E-state index is 0.0682. The second kappa shape index (κ2) is 7.60. The number of carbonyl (C=O) groups excluding carboxylic acids is 2. The Morgan fingerprint density at radius 1 is 1.38 bits per heavy atom. The minimum atomic E-state index is -4.19. The Bertz CT molecular complexity index is 444. The van der Waals surface area contributed by atoms with E-state index in [9.17, 15) is 19.0 Å². The van der Waals surface area contributed by atoms with Gasteiger partial charge in [0, 0.05) is 30.7 Å². The van der Waals surface area contributed by atoms with Crippen molar-refractivity contribution in [2.75, 3.05) is 25.4 Å². The first kappa shape index (κ1) is 18.4. The molecule has 21 heavy (non-hydrogen) atoms. The number of hydrogen-bond donors (Lipinski definition) is 4. The molecule has 1 heterocycles. The van der Waals surface area contributed by atoms with E-state index in [1.54, 1.807) is 13.8 Å². The third-order valence-electron chi connectivity index (χ3n) is 2.87. The molecule has 0 aliphatic carbocycles. The molecule has 2 atom stereocenters. The summed E-state index contributed by atoms with van der Waals surface area (Å²) in [4.78, 5) is 32.7. The van der Waals surface area contributed by atoms with Gasteiger partial charge in [-0.3, -0.25) is 18.6 Å². The first-order valence-electron chi connectivity index (χ1n) is 6.49. The Morgan fingerprint density at radius 3 is 2.67 bits per heavy atom. The molecule has 0 saturated carbocycles. The standard InChI is InChI=1S/C11H21N2O6PS/c1-11(2)7-18-20(16,17)19-9(11)10(15)13-4-3-8(14)12-5-6-21/h9,21H,3-7H2,1-2H3,(H,12,14)(H,13,15)(H,16,17)/t9-/m0/s1. The van der Waals surface area contributed by atoms with E-state index in [1.807, 2.05) is 0 Å². The van der Waals surface area contributed by atoms with Gasteiger partial charge in [0.1, 0.15) is 0 Å². The number of phosphoric acid groups is 1. The number of carbonyl (C=O) groups is 2. The molecule has 1 rings (SSSR count). The zero-order valence-electron chi connectivity index (χ0n) is 12.0. The van der Waals surface area contributed by atoms with Crippen LogP contribution in [-0.4, -0.2) is 48.3 Å². The number of amides is 2. The first-order valence-corrected chi connectivity index (χ1v) is 8.62. The molecule has 0 aromatic heterocycles. The van der Waals surface area contributed by atoms with Crippen LogP contribution in [0.2, 0.25) is 0 Å². The van der Waals surface area contributed by atoms with Crippen molar-refractivity contribution in [2.45, 2.75) is 26.4 Å². The van der Waals surface area contributed by atoms with Crippen LogP contribution in [0.3, 0.4) is 0 Å². The molecule has 2 amide bonds. The Hall–Kier alpha value is -0.600. The van der Waals surface area contributed by atoms with Crippen molar-refractivity contribution in [3.63, 3.8) is 0 Å². The van der Waals surface area contributed by atoms with E-state index in [1.165, 1.54) is 0 Å². The molecule has 0 aromatic carbocycles. The van der Waals surface area contributed by atoms with Crippen LogP contribution in [0, 0.1) is 5.41 Å². The molecule has 10 heteroatoms. The van der Waals surface area contributed by atoms with Crippen molar-refractivity contribution in [3.8, 4) is 0 Å². The number of hydrogen-bond acceptors (Lipinski definition) is 6. The maximum atomic E-state index is 12.0. The second-order valence-electron chi connectivity index (χ2n) is 5.33. The summed E-state index contributed by atoms with van der Waals surface area (Å²) in [7, 11) is -4.19. The minimum Gasteiger partial charge on any atom is -0.355 e. The summed E-state index contributed by atoms with van der Waals surface area (Å²) in [6.07, 6.45) is -0.998. The lowest BCUT2D eigenvalue weighted by molar-refractivity contribution is -0.140. The topological polar surface area (TPSA) is 114 Å². The lowest BCUT2D eigenvalue weighted by Gasteiger charge is -2.38. The van der Waals surface area contributed by atoms with E-state index in [0.717, 1.165) is 0 Å². The lowest BCUT2D eigenvalue weighted by atomic mass is 9.87. The summed E-state index contributed by atoms with van der Waals surface area (Å²) in [6.45, 7) is 3.89. The molecule has 1 aliphatic heterocycles. The average Bonchev–Trinajstić information content (AvgIpc) is 2.39. The molecule has 8 nitrogen and oxygen atoms in total. The number of nitrogens with one attached hydrogen (secondary N) is 2. The summed E-state index contributed by atoms with van der Waals surface area (Å²) in [6, 6.07) is 0. The second-order valence-corrected chi connectivity index (χ2v) is 7.18. The molecule has 3 N–H and O–H groups in total. The largest absolute Gasteiger partial charge is 0.472 e. The predicted octanol–water partition coefficient (Wildman–Crippen LogP) is 0.0807. The van der Waals surface area contributed by atoms with Crippen molar-refractivity contribution in [2.24, 2.45) is 5.41 Å². The van der Waals surface area contributed by atoms with Gasteiger partial charge in [0.25, 0.3) is 0 Å². The summed E-state index contributed by atoms with van der Waals surface area (Å²) >= 11 is 3.96. The van der Waals surface area contributed by atoms with E-state index >= 15 is 0 Å². The zero-order valence-corrected chi connectivity index (χ0v) is 13.8. The Morgan fingerprint density at radius 2 is 2.05 bits per heavy atom. The molecule has 0 spiro atoms. The summed E-state index contributed by atoms with van der Waals surface area (Å²) in [5.41, 5.74) is -0.741. The zero-order chi connectivity index (χ0) is 16.1. The van der Waals surface area contributed by atoms with Crippen molar-refractivity contribution in [1.82, 2.24) is 10.6 Å². The lowest BCUT2D eigenvalue weighted by Crippen LogP contribution is -2.49. The van der Waals surface area contributed by atoms with Crippen LogP contribution in [0.5, 0.6) is 0 Å². The van der Waals surface area contributed by atoms with Crippen molar-refractivity contribution >= 4 is 32.3 Å². The van der Waals surface area contributed by atoms with Gasteiger partial charge >= 0.3 is 7.82 Å². The van der Waals surface area contributed by atoms with Gasteiger partial charge in [0.15, 0.2) is 6.10 Å². The summed E-state index contributed by atoms with van der Waals surface area (Å²) in [5.74, 6) is -0.211. The summed E-state index contributed by atoms with van der Waals surface area (Å²) < 4.78 is 20.9. The van der Waals surface area contributed by atoms with Crippen LogP contribution in [0.25, 0.3) is 0 Å². The molecular formula is C11H21N2O6PS. The third-order valence-corrected chi connectivity index (χ3v) is 4.03. The Kier molecular flexibility index (Phi) is 6.68. The van der Waals surface area contributed by atoms with Gasteiger partial charge in [-0.1, -0.05) is 13.8 Å². The number of phosphoric ester groups is 1. The monoisotopic (exact) mass is 340 g/mol. The highest BCUT2D eigenvalue weighted by molar-refractivity contribution is 7.80. The number of thiol groups is 1. The van der Waals surface area contributed by atoms with Gasteiger partial charge in [-0.15, -0.1) is 0 Å². The van der Waals surface area contributed by atoms with Crippen molar-refractivity contribution in [1.29, 1.82) is 0 Å². The van der Waals surface area contributed by atoms with Gasteiger partial charge in [0.2, 0.25) is 11.8 Å². The summed E-state index contributed by atoms with van der Waals surface area (Å²) in [5, 5.41) is 5.13. The van der Waals surface area contributed by atoms with Crippen LogP contribution < -0.4 is 10.6 Å². The van der Waals surface area contributed by atoms with Gasteiger partial charge in [-0.05, 0) is 0 Å². The molecule has 0 aromatic rings. The van der Waals surface area contributed by atoms with Gasteiger partial charge in [-0.2, -0.15) is 12.6 Å². The fraction of sp³-hybridized carbons (Fsp3) is 0.818. The fourth-order valence-electron chi connectivity index (χ4n) is 1.71. The Balaban J connectivity index is 2.46. The van der Waals surface area contributed by atoms with E-state index in [-0.39, 0.29) is 25.5 Å². The normalized spacial score (nSPS) is 27.9. The third kappa shape index (κ3) is 5.96. The van der Waals surface area contributed by atoms with Crippen LogP contribution in [0.1, 0.15) is 20.3 Å². The van der Waals surface area contributed by atoms with Crippen molar-refractivity contribution < 1.29 is 28.1 Å². The molecule has 0 bridgehead atoms. The van der Waals surface area contributed by atoms with Crippen LogP contribution in [0.15, 0.2) is 0 Å². The van der Waals surface area contributed by atoms with Gasteiger partial charge in [0.05, 0.1) is 6.61 Å². The SMILES string of the molecule is CC1(C)COP(=O)(O)O[C@H]1C(=O)NCCC(=O)NCCS. The van der Waals surface area contributed by atoms with Crippen molar-refractivity contribution in [3.05, 3.63) is 0 Å². The van der Waals surface area contributed by atoms with E-state index < -0.39 is 25.2 Å². The fourth-order valence-corrected chi connectivity index (χ4v) is 3.02. The van der Waals surface area contributed by atoms with E-state index in [0.29, 0.717) is 12.3 Å². The van der Waals surface area contributed by atoms with Crippen LogP contribution in [0.4, 0.5) is 0 Å². The van der Waals surface area contributed by atoms with Gasteiger partial charge < -0.3 is 15.5 Å². The first-order chi connectivity index (χ1) is 9.68. The van der Waals surface area contributed by atoms with E-state index in [2.05, 4.69) is 27.8 Å². The molecule has 1 aliphatic rings. The van der Waals surface area contributed by atoms with Gasteiger partial charge in [-0.25, -0.2) is 4.57 Å². The van der Waals surface area contributed by atoms with E-state index in [4.69, 9.17) is 4.52 Å². The highest BCUT2D eigenvalue weighted by Gasteiger charge is 2.47. The van der Waals surface area contributed by atoms with Crippen LogP contribution >= 0.6 is 20.5 Å². The molecule has 1 saturated heterocycles. The predicted molar refractivity (Wildman–Crippen MR) is 78.9 cm³/mol. The highest BCUT2D eigenvalue weighted by atomic mass is 32.1. The molecule has 1 fully saturated rings. The molecule has 122 valence electrons. The maximum Gasteiger partial charge on any atom is 0.472 e. The smallest absolute Gasteiger partial charge is 0.355 e. The average molecular weight is 340 g/mol. The quantitative estimate of drug-likeness (QED) is 0.402. The Labute approximate surface area is 129 Å².